The number of halogens is 1. The fourth-order valence-corrected chi connectivity index (χ4v) is 2.29. The summed E-state index contributed by atoms with van der Waals surface area (Å²) in [7, 11) is 1.74. The lowest BCUT2D eigenvalue weighted by atomic mass is 10.2. The Hall–Kier alpha value is -2.08. The first kappa shape index (κ1) is 18.3. The molecule has 1 aromatic carbocycles. The number of hydrogen-bond donors (Lipinski definition) is 2. The number of benzene rings is 1. The standard InChI is InChI=1S/C17H24ClN5O/c1-12(2)16-22-15(24-23-16)9-6-10-20-17(19-3)21-11-13-7-4-5-8-14(13)18/h4-5,7-8,12H,6,9-11H2,1-3H3,(H2,19,20,21). The second kappa shape index (κ2) is 9.27. The fraction of sp³-hybridized carbons (Fsp3) is 0.471. The molecule has 0 spiro atoms. The van der Waals surface area contributed by atoms with Crippen LogP contribution in [-0.4, -0.2) is 29.7 Å². The summed E-state index contributed by atoms with van der Waals surface area (Å²) in [5, 5.41) is 11.2. The van der Waals surface area contributed by atoms with Crippen LogP contribution in [0.2, 0.25) is 5.02 Å². The van der Waals surface area contributed by atoms with Crippen LogP contribution in [-0.2, 0) is 13.0 Å². The molecule has 2 aromatic rings. The van der Waals surface area contributed by atoms with Gasteiger partial charge < -0.3 is 15.2 Å². The van der Waals surface area contributed by atoms with Crippen molar-refractivity contribution in [3.63, 3.8) is 0 Å². The molecule has 24 heavy (non-hydrogen) atoms. The van der Waals surface area contributed by atoms with E-state index in [4.69, 9.17) is 16.1 Å². The van der Waals surface area contributed by atoms with Crippen molar-refractivity contribution in [1.82, 2.24) is 20.8 Å². The smallest absolute Gasteiger partial charge is 0.226 e. The summed E-state index contributed by atoms with van der Waals surface area (Å²) in [5.41, 5.74) is 1.04. The maximum absolute atomic E-state index is 6.15. The zero-order chi connectivity index (χ0) is 17.4. The van der Waals surface area contributed by atoms with Crippen LogP contribution in [0.15, 0.2) is 33.8 Å². The molecule has 0 aliphatic heterocycles. The lowest BCUT2D eigenvalue weighted by Crippen LogP contribution is -2.37. The third-order valence-corrected chi connectivity index (χ3v) is 3.86. The molecule has 2 rings (SSSR count). The lowest BCUT2D eigenvalue weighted by molar-refractivity contribution is 0.368. The van der Waals surface area contributed by atoms with Crippen LogP contribution in [0, 0.1) is 0 Å². The molecule has 0 aliphatic carbocycles. The van der Waals surface area contributed by atoms with Crippen LogP contribution >= 0.6 is 11.6 Å². The summed E-state index contributed by atoms with van der Waals surface area (Å²) in [5.74, 6) is 2.46. The van der Waals surface area contributed by atoms with E-state index in [0.717, 1.165) is 41.8 Å². The monoisotopic (exact) mass is 349 g/mol. The summed E-state index contributed by atoms with van der Waals surface area (Å²) < 4.78 is 5.23. The second-order valence-electron chi connectivity index (χ2n) is 5.75. The van der Waals surface area contributed by atoms with Crippen molar-refractivity contribution in [2.75, 3.05) is 13.6 Å². The predicted octanol–water partition coefficient (Wildman–Crippen LogP) is 3.14. The molecule has 1 aromatic heterocycles. The summed E-state index contributed by atoms with van der Waals surface area (Å²) in [4.78, 5) is 8.57. The topological polar surface area (TPSA) is 75.3 Å². The number of aliphatic imine (C=N–C) groups is 1. The Kier molecular flexibility index (Phi) is 7.06. The van der Waals surface area contributed by atoms with Crippen molar-refractivity contribution in [2.45, 2.75) is 39.2 Å². The molecule has 0 unspecified atom stereocenters. The van der Waals surface area contributed by atoms with Crippen molar-refractivity contribution >= 4 is 17.6 Å². The first-order valence-electron chi connectivity index (χ1n) is 8.10. The maximum Gasteiger partial charge on any atom is 0.226 e. The van der Waals surface area contributed by atoms with Crippen LogP contribution in [0.1, 0.15) is 43.5 Å². The Balaban J connectivity index is 1.71. The van der Waals surface area contributed by atoms with Gasteiger partial charge in [0.15, 0.2) is 11.8 Å². The summed E-state index contributed by atoms with van der Waals surface area (Å²) in [6, 6.07) is 7.76. The predicted molar refractivity (Wildman–Crippen MR) is 96.4 cm³/mol. The molecule has 0 aliphatic rings. The molecular formula is C17H24ClN5O. The Morgan fingerprint density at radius 2 is 2.08 bits per heavy atom. The summed E-state index contributed by atoms with van der Waals surface area (Å²) in [6.45, 7) is 5.48. The van der Waals surface area contributed by atoms with E-state index >= 15 is 0 Å². The summed E-state index contributed by atoms with van der Waals surface area (Å²) in [6.07, 6.45) is 1.63. The van der Waals surface area contributed by atoms with Gasteiger partial charge in [0.2, 0.25) is 5.89 Å². The lowest BCUT2D eigenvalue weighted by Gasteiger charge is -2.12. The average Bonchev–Trinajstić information content (AvgIpc) is 3.05. The Morgan fingerprint density at radius 3 is 2.75 bits per heavy atom. The van der Waals surface area contributed by atoms with Gasteiger partial charge in [0.05, 0.1) is 0 Å². The van der Waals surface area contributed by atoms with E-state index in [1.165, 1.54) is 0 Å². The molecule has 0 saturated carbocycles. The number of guanidine groups is 1. The number of rotatable bonds is 7. The minimum absolute atomic E-state index is 0.286. The molecule has 0 atom stereocenters. The Labute approximate surface area is 147 Å². The number of nitrogens with zero attached hydrogens (tertiary/aromatic N) is 3. The van der Waals surface area contributed by atoms with Gasteiger partial charge in [-0.15, -0.1) is 0 Å². The van der Waals surface area contributed by atoms with Gasteiger partial charge in [0, 0.05) is 37.5 Å². The van der Waals surface area contributed by atoms with Gasteiger partial charge in [-0.1, -0.05) is 48.8 Å². The maximum atomic E-state index is 6.15. The van der Waals surface area contributed by atoms with Gasteiger partial charge >= 0.3 is 0 Å². The van der Waals surface area contributed by atoms with Gasteiger partial charge in [-0.2, -0.15) is 4.98 Å². The van der Waals surface area contributed by atoms with Gasteiger partial charge in [-0.3, -0.25) is 4.99 Å². The molecule has 2 N–H and O–H groups in total. The highest BCUT2D eigenvalue weighted by Crippen LogP contribution is 2.14. The van der Waals surface area contributed by atoms with Gasteiger partial charge in [0.1, 0.15) is 0 Å². The number of hydrogen-bond acceptors (Lipinski definition) is 4. The van der Waals surface area contributed by atoms with E-state index < -0.39 is 0 Å². The average molecular weight is 350 g/mol. The van der Waals surface area contributed by atoms with Crippen molar-refractivity contribution in [3.8, 4) is 0 Å². The SMILES string of the molecule is CN=C(NCCCc1nc(C(C)C)no1)NCc1ccccc1Cl. The largest absolute Gasteiger partial charge is 0.356 e. The molecule has 7 heteroatoms. The van der Waals surface area contributed by atoms with Crippen LogP contribution in [0.3, 0.4) is 0 Å². The third-order valence-electron chi connectivity index (χ3n) is 3.49. The van der Waals surface area contributed by atoms with Crippen molar-refractivity contribution in [1.29, 1.82) is 0 Å². The van der Waals surface area contributed by atoms with Crippen LogP contribution in [0.25, 0.3) is 0 Å². The van der Waals surface area contributed by atoms with E-state index in [9.17, 15) is 0 Å². The molecule has 0 radical (unpaired) electrons. The highest BCUT2D eigenvalue weighted by molar-refractivity contribution is 6.31. The first-order valence-corrected chi connectivity index (χ1v) is 8.48. The molecule has 0 amide bonds. The van der Waals surface area contributed by atoms with Gasteiger partial charge in [0.25, 0.3) is 0 Å². The molecular weight excluding hydrogens is 326 g/mol. The molecule has 130 valence electrons. The molecule has 1 heterocycles. The number of nitrogens with one attached hydrogen (secondary N) is 2. The first-order chi connectivity index (χ1) is 11.6. The van der Waals surface area contributed by atoms with Crippen LogP contribution < -0.4 is 10.6 Å². The van der Waals surface area contributed by atoms with E-state index in [2.05, 4.69) is 25.8 Å². The van der Waals surface area contributed by atoms with Gasteiger partial charge in [-0.05, 0) is 18.1 Å². The highest BCUT2D eigenvalue weighted by atomic mass is 35.5. The Bertz CT molecular complexity index is 669. The number of aryl methyl sites for hydroxylation is 1. The second-order valence-corrected chi connectivity index (χ2v) is 6.16. The quantitative estimate of drug-likeness (QED) is 0.456. The van der Waals surface area contributed by atoms with E-state index in [1.807, 2.05) is 38.1 Å². The zero-order valence-corrected chi connectivity index (χ0v) is 15.1. The van der Waals surface area contributed by atoms with Crippen LogP contribution in [0.5, 0.6) is 0 Å². The Morgan fingerprint density at radius 1 is 1.29 bits per heavy atom. The van der Waals surface area contributed by atoms with E-state index in [0.29, 0.717) is 12.4 Å². The fourth-order valence-electron chi connectivity index (χ4n) is 2.09. The van der Waals surface area contributed by atoms with Gasteiger partial charge in [-0.25, -0.2) is 0 Å². The zero-order valence-electron chi connectivity index (χ0n) is 14.3. The van der Waals surface area contributed by atoms with Crippen molar-refractivity contribution < 1.29 is 4.52 Å². The van der Waals surface area contributed by atoms with Crippen molar-refractivity contribution in [2.24, 2.45) is 4.99 Å². The minimum Gasteiger partial charge on any atom is -0.356 e. The minimum atomic E-state index is 0.286. The molecule has 6 nitrogen and oxygen atoms in total. The molecule has 0 fully saturated rings. The molecule has 0 bridgehead atoms. The third kappa shape index (κ3) is 5.53. The number of aromatic nitrogens is 2. The van der Waals surface area contributed by atoms with E-state index in [1.54, 1.807) is 7.05 Å². The molecule has 0 saturated heterocycles. The summed E-state index contributed by atoms with van der Waals surface area (Å²) >= 11 is 6.15. The van der Waals surface area contributed by atoms with Crippen LogP contribution in [0.4, 0.5) is 0 Å². The normalized spacial score (nSPS) is 11.8. The van der Waals surface area contributed by atoms with E-state index in [-0.39, 0.29) is 5.92 Å². The van der Waals surface area contributed by atoms with Crippen molar-refractivity contribution in [3.05, 3.63) is 46.6 Å². The highest BCUT2D eigenvalue weighted by Gasteiger charge is 2.09.